The fourth-order valence-corrected chi connectivity index (χ4v) is 2.48. The van der Waals surface area contributed by atoms with Crippen molar-refractivity contribution in [1.29, 1.82) is 0 Å². The molecule has 0 spiro atoms. The van der Waals surface area contributed by atoms with Gasteiger partial charge in [0.2, 0.25) is 17.7 Å². The van der Waals surface area contributed by atoms with Crippen LogP contribution in [0.4, 0.5) is 0 Å². The highest BCUT2D eigenvalue weighted by molar-refractivity contribution is 6.30. The fourth-order valence-electron chi connectivity index (χ4n) is 2.34. The lowest BCUT2D eigenvalue weighted by Gasteiger charge is -2.19. The third-order valence-electron chi connectivity index (χ3n) is 3.27. The molecule has 0 aromatic carbocycles. The highest BCUT2D eigenvalue weighted by Gasteiger charge is 2.52. The van der Waals surface area contributed by atoms with Crippen molar-refractivity contribution in [1.82, 2.24) is 9.80 Å². The highest BCUT2D eigenvalue weighted by Crippen LogP contribution is 2.32. The Morgan fingerprint density at radius 1 is 1.31 bits per heavy atom. The van der Waals surface area contributed by atoms with Crippen LogP contribution in [0.1, 0.15) is 6.92 Å². The molecule has 0 unspecified atom stereocenters. The Morgan fingerprint density at radius 3 is 2.12 bits per heavy atom. The molecule has 0 saturated carbocycles. The third-order valence-corrected chi connectivity index (χ3v) is 3.45. The molecule has 2 heterocycles. The summed E-state index contributed by atoms with van der Waals surface area (Å²) in [5, 5.41) is -0.609. The third kappa shape index (κ3) is 1.50. The van der Waals surface area contributed by atoms with Crippen LogP contribution in [0.2, 0.25) is 0 Å². The molecule has 0 aromatic rings. The number of imide groups is 1. The van der Waals surface area contributed by atoms with E-state index in [9.17, 15) is 14.4 Å². The Labute approximate surface area is 98.3 Å². The van der Waals surface area contributed by atoms with Gasteiger partial charge in [-0.05, 0) is 6.92 Å². The van der Waals surface area contributed by atoms with Crippen molar-refractivity contribution in [2.24, 2.45) is 11.8 Å². The molecule has 2 aliphatic heterocycles. The van der Waals surface area contributed by atoms with Crippen LogP contribution in [0.3, 0.4) is 0 Å². The number of fused-ring (bicyclic) bond motifs is 1. The Balaban J connectivity index is 2.13. The molecule has 2 saturated heterocycles. The molecule has 2 aliphatic rings. The van der Waals surface area contributed by atoms with Gasteiger partial charge < -0.3 is 4.90 Å². The summed E-state index contributed by atoms with van der Waals surface area (Å²) < 4.78 is 0. The number of carbonyl (C=O) groups excluding carboxylic acids is 3. The molecule has 2 fully saturated rings. The van der Waals surface area contributed by atoms with Crippen molar-refractivity contribution < 1.29 is 14.4 Å². The summed E-state index contributed by atoms with van der Waals surface area (Å²) in [6, 6.07) is 0. The van der Waals surface area contributed by atoms with Crippen molar-refractivity contribution >= 4 is 29.3 Å². The summed E-state index contributed by atoms with van der Waals surface area (Å²) in [6.07, 6.45) is 0. The molecule has 3 atom stereocenters. The van der Waals surface area contributed by atoms with Gasteiger partial charge in [-0.3, -0.25) is 19.3 Å². The zero-order valence-corrected chi connectivity index (χ0v) is 9.90. The van der Waals surface area contributed by atoms with Gasteiger partial charge in [-0.2, -0.15) is 0 Å². The minimum Gasteiger partial charge on any atom is -0.340 e. The molecule has 3 amide bonds. The molecule has 0 aliphatic carbocycles. The topological polar surface area (TPSA) is 57.7 Å². The molecule has 88 valence electrons. The maximum Gasteiger partial charge on any atom is 0.240 e. The average Bonchev–Trinajstić information content (AvgIpc) is 2.75. The maximum atomic E-state index is 11.7. The minimum atomic E-state index is -0.609. The van der Waals surface area contributed by atoms with Gasteiger partial charge in [-0.15, -0.1) is 11.6 Å². The Kier molecular flexibility index (Phi) is 2.66. The summed E-state index contributed by atoms with van der Waals surface area (Å²) in [7, 11) is 1.49. The van der Waals surface area contributed by atoms with Gasteiger partial charge in [0.15, 0.2) is 0 Å². The molecule has 5 nitrogen and oxygen atoms in total. The first kappa shape index (κ1) is 11.4. The van der Waals surface area contributed by atoms with Crippen molar-refractivity contribution in [2.45, 2.75) is 12.3 Å². The van der Waals surface area contributed by atoms with Gasteiger partial charge in [-0.25, -0.2) is 0 Å². The summed E-state index contributed by atoms with van der Waals surface area (Å²) in [4.78, 5) is 37.6. The molecule has 0 radical (unpaired) electrons. The van der Waals surface area contributed by atoms with Gasteiger partial charge in [0.25, 0.3) is 0 Å². The normalized spacial score (nSPS) is 30.9. The zero-order valence-electron chi connectivity index (χ0n) is 9.14. The molecule has 0 N–H and O–H groups in total. The number of nitrogens with zero attached hydrogens (tertiary/aromatic N) is 2. The van der Waals surface area contributed by atoms with E-state index in [0.29, 0.717) is 13.1 Å². The van der Waals surface area contributed by atoms with Crippen molar-refractivity contribution in [2.75, 3.05) is 20.1 Å². The number of carbonyl (C=O) groups is 3. The van der Waals surface area contributed by atoms with E-state index >= 15 is 0 Å². The van der Waals surface area contributed by atoms with Crippen LogP contribution >= 0.6 is 11.6 Å². The van der Waals surface area contributed by atoms with E-state index in [2.05, 4.69) is 0 Å². The van der Waals surface area contributed by atoms with E-state index in [0.717, 1.165) is 4.90 Å². The van der Waals surface area contributed by atoms with E-state index in [4.69, 9.17) is 11.6 Å². The van der Waals surface area contributed by atoms with Crippen molar-refractivity contribution in [3.8, 4) is 0 Å². The second-order valence-corrected chi connectivity index (χ2v) is 4.96. The molecular weight excluding hydrogens is 232 g/mol. The number of hydrogen-bond acceptors (Lipinski definition) is 3. The molecule has 0 aromatic heterocycles. The first-order valence-corrected chi connectivity index (χ1v) is 5.61. The van der Waals surface area contributed by atoms with Crippen LogP contribution in [0.15, 0.2) is 0 Å². The van der Waals surface area contributed by atoms with E-state index in [1.807, 2.05) is 0 Å². The lowest BCUT2D eigenvalue weighted by atomic mass is 10.00. The second-order valence-electron chi connectivity index (χ2n) is 4.31. The monoisotopic (exact) mass is 244 g/mol. The predicted octanol–water partition coefficient (Wildman–Crippen LogP) is -0.313. The number of hydrogen-bond donors (Lipinski definition) is 0. The van der Waals surface area contributed by atoms with Gasteiger partial charge in [0.05, 0.1) is 11.8 Å². The summed E-state index contributed by atoms with van der Waals surface area (Å²) in [5.41, 5.74) is 0. The predicted molar refractivity (Wildman–Crippen MR) is 56.7 cm³/mol. The molecule has 2 rings (SSSR count). The SMILES string of the molecule is C[C@H](Cl)C(=O)N1C[C@@H]2C(=O)N(C)C(=O)[C@@H]2C1. The smallest absolute Gasteiger partial charge is 0.240 e. The molecule has 6 heteroatoms. The fraction of sp³-hybridized carbons (Fsp3) is 0.700. The molecule has 16 heavy (non-hydrogen) atoms. The van der Waals surface area contributed by atoms with Gasteiger partial charge in [-0.1, -0.05) is 0 Å². The van der Waals surface area contributed by atoms with Crippen molar-refractivity contribution in [3.63, 3.8) is 0 Å². The summed E-state index contributed by atoms with van der Waals surface area (Å²) in [6.45, 7) is 2.22. The Bertz CT molecular complexity index is 345. The highest BCUT2D eigenvalue weighted by atomic mass is 35.5. The quantitative estimate of drug-likeness (QED) is 0.470. The van der Waals surface area contributed by atoms with Crippen LogP contribution in [0.25, 0.3) is 0 Å². The first-order chi connectivity index (χ1) is 7.43. The maximum absolute atomic E-state index is 11.7. The Morgan fingerprint density at radius 2 is 1.75 bits per heavy atom. The van der Waals surface area contributed by atoms with E-state index in [-0.39, 0.29) is 29.6 Å². The van der Waals surface area contributed by atoms with E-state index < -0.39 is 5.38 Å². The lowest BCUT2D eigenvalue weighted by molar-refractivity contribution is -0.139. The molecular formula is C10H13ClN2O3. The largest absolute Gasteiger partial charge is 0.340 e. The zero-order chi connectivity index (χ0) is 12.0. The van der Waals surface area contributed by atoms with Crippen LogP contribution in [0.5, 0.6) is 0 Å². The number of amides is 3. The van der Waals surface area contributed by atoms with E-state index in [1.54, 1.807) is 6.92 Å². The minimum absolute atomic E-state index is 0.187. The first-order valence-electron chi connectivity index (χ1n) is 5.17. The standard InChI is InChI=1S/C10H13ClN2O3/c1-5(11)8(14)13-3-6-7(4-13)10(16)12(2)9(6)15/h5-7H,3-4H2,1-2H3/t5-,6-,7+/m0/s1. The lowest BCUT2D eigenvalue weighted by Crippen LogP contribution is -2.38. The van der Waals surface area contributed by atoms with Crippen LogP contribution in [-0.2, 0) is 14.4 Å². The second kappa shape index (κ2) is 3.73. The van der Waals surface area contributed by atoms with E-state index in [1.165, 1.54) is 11.9 Å². The van der Waals surface area contributed by atoms with Crippen molar-refractivity contribution in [3.05, 3.63) is 0 Å². The number of rotatable bonds is 1. The average molecular weight is 245 g/mol. The number of halogens is 1. The van der Waals surface area contributed by atoms with Gasteiger partial charge in [0, 0.05) is 20.1 Å². The van der Waals surface area contributed by atoms with Gasteiger partial charge in [0.1, 0.15) is 5.38 Å². The number of alkyl halides is 1. The van der Waals surface area contributed by atoms with Gasteiger partial charge >= 0.3 is 0 Å². The summed E-state index contributed by atoms with van der Waals surface area (Å²) >= 11 is 5.69. The molecule has 0 bridgehead atoms. The van der Waals surface area contributed by atoms with Crippen LogP contribution in [0, 0.1) is 11.8 Å². The number of likely N-dealkylation sites (tertiary alicyclic amines) is 2. The summed E-state index contributed by atoms with van der Waals surface area (Å²) in [5.74, 6) is -1.31. The van der Waals surface area contributed by atoms with Crippen LogP contribution < -0.4 is 0 Å². The Hall–Kier alpha value is -1.10. The van der Waals surface area contributed by atoms with Crippen LogP contribution in [-0.4, -0.2) is 53.0 Å².